The molecule has 0 bridgehead atoms. The molecule has 2 unspecified atom stereocenters. The van der Waals surface area contributed by atoms with E-state index in [4.69, 9.17) is 4.74 Å². The van der Waals surface area contributed by atoms with Crippen molar-refractivity contribution in [3.8, 4) is 0 Å². The number of anilines is 1. The van der Waals surface area contributed by atoms with Crippen molar-refractivity contribution in [3.63, 3.8) is 0 Å². The second-order valence-electron chi connectivity index (χ2n) is 12.5. The first-order chi connectivity index (χ1) is 17.0. The van der Waals surface area contributed by atoms with Gasteiger partial charge in [-0.2, -0.15) is 0 Å². The Balaban J connectivity index is 1.29. The molecule has 1 aromatic carbocycles. The maximum atomic E-state index is 13.0. The summed E-state index contributed by atoms with van der Waals surface area (Å²) in [5, 5.41) is 2.74. The molecule has 4 fully saturated rings. The highest BCUT2D eigenvalue weighted by Crippen LogP contribution is 2.64. The SMILES string of the molecule is CC(=O)Nc1cccc(C(=O)OC(C)[C@H]2CC[C@H]3[C@@H]4CCN5C(C)C(=O)CC[C@]5(C)[C@H]4CC[C@]23C)c1. The molecular formula is C30H42N2O4. The average molecular weight is 495 g/mol. The quantitative estimate of drug-likeness (QED) is 0.562. The Kier molecular flexibility index (Phi) is 6.55. The van der Waals surface area contributed by atoms with Gasteiger partial charge in [0.25, 0.3) is 0 Å². The average Bonchev–Trinajstić information content (AvgIpc) is 3.19. The normalized spacial score (nSPS) is 38.9. The number of nitrogens with one attached hydrogen (secondary N) is 1. The van der Waals surface area contributed by atoms with Gasteiger partial charge in [-0.05, 0) is 107 Å². The molecule has 196 valence electrons. The molecule has 5 rings (SSSR count). The van der Waals surface area contributed by atoms with Gasteiger partial charge in [0.2, 0.25) is 5.91 Å². The third-order valence-corrected chi connectivity index (χ3v) is 10.8. The number of nitrogens with zero attached hydrogens (tertiary/aromatic N) is 1. The Bertz CT molecular complexity index is 1060. The van der Waals surface area contributed by atoms with E-state index in [0.717, 1.165) is 32.2 Å². The number of benzene rings is 1. The van der Waals surface area contributed by atoms with Gasteiger partial charge in [-0.25, -0.2) is 4.79 Å². The van der Waals surface area contributed by atoms with Gasteiger partial charge >= 0.3 is 5.97 Å². The predicted octanol–water partition coefficient (Wildman–Crippen LogP) is 5.46. The minimum atomic E-state index is -0.322. The fourth-order valence-electron chi connectivity index (χ4n) is 9.00. The molecule has 1 amide bonds. The summed E-state index contributed by atoms with van der Waals surface area (Å²) in [5.74, 6) is 2.26. The first kappa shape index (κ1) is 25.4. The van der Waals surface area contributed by atoms with Crippen LogP contribution in [0.2, 0.25) is 0 Å². The van der Waals surface area contributed by atoms with Crippen molar-refractivity contribution in [1.82, 2.24) is 4.90 Å². The molecule has 4 aliphatic rings. The summed E-state index contributed by atoms with van der Waals surface area (Å²) >= 11 is 0. The minimum absolute atomic E-state index is 0.0536. The van der Waals surface area contributed by atoms with Gasteiger partial charge in [-0.1, -0.05) is 13.0 Å². The largest absolute Gasteiger partial charge is 0.459 e. The highest BCUT2D eigenvalue weighted by atomic mass is 16.5. The van der Waals surface area contributed by atoms with Crippen LogP contribution in [-0.2, 0) is 14.3 Å². The summed E-state index contributed by atoms with van der Waals surface area (Å²) in [6.07, 6.45) is 7.39. The van der Waals surface area contributed by atoms with E-state index in [1.54, 1.807) is 24.3 Å². The zero-order valence-corrected chi connectivity index (χ0v) is 22.5. The highest BCUT2D eigenvalue weighted by molar-refractivity contribution is 5.93. The Labute approximate surface area is 215 Å². The van der Waals surface area contributed by atoms with Crippen LogP contribution in [0.25, 0.3) is 0 Å². The van der Waals surface area contributed by atoms with Crippen LogP contribution in [0, 0.1) is 29.1 Å². The summed E-state index contributed by atoms with van der Waals surface area (Å²) in [4.78, 5) is 39.4. The van der Waals surface area contributed by atoms with E-state index >= 15 is 0 Å². The highest BCUT2D eigenvalue weighted by Gasteiger charge is 2.61. The Hall–Kier alpha value is -2.21. The lowest BCUT2D eigenvalue weighted by molar-refractivity contribution is -0.155. The molecule has 2 heterocycles. The van der Waals surface area contributed by atoms with Crippen molar-refractivity contribution in [2.45, 2.75) is 97.2 Å². The van der Waals surface area contributed by atoms with Gasteiger partial charge in [0.05, 0.1) is 11.6 Å². The third-order valence-electron chi connectivity index (χ3n) is 10.8. The standard InChI is InChI=1S/C30H42N2O4/c1-18-27(34)12-15-30(5)26-11-14-29(4)24(9-10-25(29)23(26)13-16-32(18)30)19(2)36-28(35)21-7-6-8-22(17-21)31-20(3)33/h6-8,17-19,23-26H,9-16H2,1-5H3,(H,31,33)/t18?,19?,23-,24+,25-,26-,29+,30+/m0/s1. The number of amides is 1. The van der Waals surface area contributed by atoms with Crippen LogP contribution in [0.1, 0.15) is 89.9 Å². The molecule has 1 aromatic rings. The number of piperidine rings is 2. The van der Waals surface area contributed by atoms with Crippen molar-refractivity contribution in [1.29, 1.82) is 0 Å². The second kappa shape index (κ2) is 9.27. The lowest BCUT2D eigenvalue weighted by Gasteiger charge is -2.62. The number of hydrogen-bond donors (Lipinski definition) is 1. The topological polar surface area (TPSA) is 75.7 Å². The smallest absolute Gasteiger partial charge is 0.338 e. The number of hydrogen-bond acceptors (Lipinski definition) is 5. The van der Waals surface area contributed by atoms with E-state index in [-0.39, 0.29) is 35.0 Å². The summed E-state index contributed by atoms with van der Waals surface area (Å²) < 4.78 is 6.06. The maximum absolute atomic E-state index is 13.0. The molecule has 2 saturated carbocycles. The Morgan fingerprint density at radius 3 is 2.64 bits per heavy atom. The number of fused-ring (bicyclic) bond motifs is 5. The van der Waals surface area contributed by atoms with Gasteiger partial charge in [-0.3, -0.25) is 14.5 Å². The van der Waals surface area contributed by atoms with Crippen LogP contribution >= 0.6 is 0 Å². The molecule has 2 saturated heterocycles. The van der Waals surface area contributed by atoms with E-state index in [1.807, 2.05) is 0 Å². The summed E-state index contributed by atoms with van der Waals surface area (Å²) in [7, 11) is 0. The van der Waals surface area contributed by atoms with Crippen LogP contribution in [-0.4, -0.2) is 46.8 Å². The van der Waals surface area contributed by atoms with E-state index in [9.17, 15) is 14.4 Å². The van der Waals surface area contributed by atoms with Gasteiger partial charge in [0.1, 0.15) is 11.9 Å². The molecular weight excluding hydrogens is 452 g/mol. The summed E-state index contributed by atoms with van der Waals surface area (Å²) in [5.41, 5.74) is 1.38. The van der Waals surface area contributed by atoms with Crippen molar-refractivity contribution in [3.05, 3.63) is 29.8 Å². The van der Waals surface area contributed by atoms with Gasteiger partial charge < -0.3 is 10.1 Å². The van der Waals surface area contributed by atoms with Crippen molar-refractivity contribution in [2.75, 3.05) is 11.9 Å². The van der Waals surface area contributed by atoms with Gasteiger partial charge in [0.15, 0.2) is 0 Å². The number of rotatable bonds is 4. The molecule has 0 aromatic heterocycles. The van der Waals surface area contributed by atoms with Crippen LogP contribution < -0.4 is 5.32 Å². The van der Waals surface area contributed by atoms with Crippen LogP contribution in [0.15, 0.2) is 24.3 Å². The second-order valence-corrected chi connectivity index (χ2v) is 12.5. The zero-order chi connectivity index (χ0) is 25.8. The molecule has 2 aliphatic heterocycles. The van der Waals surface area contributed by atoms with Crippen LogP contribution in [0.5, 0.6) is 0 Å². The van der Waals surface area contributed by atoms with Crippen molar-refractivity contribution >= 4 is 23.3 Å². The molecule has 2 aliphatic carbocycles. The number of carbonyl (C=O) groups excluding carboxylic acids is 3. The molecule has 8 atom stereocenters. The van der Waals surface area contributed by atoms with Crippen LogP contribution in [0.4, 0.5) is 5.69 Å². The first-order valence-corrected chi connectivity index (χ1v) is 13.9. The predicted molar refractivity (Wildman–Crippen MR) is 140 cm³/mol. The molecule has 36 heavy (non-hydrogen) atoms. The first-order valence-electron chi connectivity index (χ1n) is 13.9. The summed E-state index contributed by atoms with van der Waals surface area (Å²) in [6.45, 7) is 11.5. The lowest BCUT2D eigenvalue weighted by atomic mass is 9.51. The maximum Gasteiger partial charge on any atom is 0.338 e. The fourth-order valence-corrected chi connectivity index (χ4v) is 9.00. The number of ketones is 1. The zero-order valence-electron chi connectivity index (χ0n) is 22.5. The Morgan fingerprint density at radius 2 is 1.89 bits per heavy atom. The molecule has 0 radical (unpaired) electrons. The van der Waals surface area contributed by atoms with E-state index in [0.29, 0.717) is 40.7 Å². The van der Waals surface area contributed by atoms with Gasteiger partial charge in [0, 0.05) is 30.5 Å². The number of esters is 1. The number of Topliss-reactive ketones (excluding diaryl/α,β-unsaturated/α-hetero) is 1. The third kappa shape index (κ3) is 4.09. The van der Waals surface area contributed by atoms with Gasteiger partial charge in [-0.15, -0.1) is 0 Å². The fraction of sp³-hybridized carbons (Fsp3) is 0.700. The number of carbonyl (C=O) groups is 3. The van der Waals surface area contributed by atoms with Crippen molar-refractivity contribution in [2.24, 2.45) is 29.1 Å². The van der Waals surface area contributed by atoms with Crippen LogP contribution in [0.3, 0.4) is 0 Å². The van der Waals surface area contributed by atoms with Crippen molar-refractivity contribution < 1.29 is 19.1 Å². The minimum Gasteiger partial charge on any atom is -0.459 e. The van der Waals surface area contributed by atoms with E-state index in [2.05, 4.69) is 37.9 Å². The number of ether oxygens (including phenoxy) is 1. The molecule has 1 N–H and O–H groups in total. The molecule has 6 nitrogen and oxygen atoms in total. The molecule has 6 heteroatoms. The lowest BCUT2D eigenvalue weighted by Crippen LogP contribution is -2.67. The summed E-state index contributed by atoms with van der Waals surface area (Å²) in [6, 6.07) is 7.03. The van der Waals surface area contributed by atoms with E-state index in [1.165, 1.54) is 26.2 Å². The monoisotopic (exact) mass is 494 g/mol. The Morgan fingerprint density at radius 1 is 1.11 bits per heavy atom. The van der Waals surface area contributed by atoms with E-state index < -0.39 is 0 Å². The molecule has 0 spiro atoms.